The molecule has 1 fully saturated rings. The van der Waals surface area contributed by atoms with Crippen LogP contribution in [-0.2, 0) is 11.2 Å². The molecule has 2 heterocycles. The molecule has 1 aliphatic heterocycles. The van der Waals surface area contributed by atoms with Crippen LogP contribution in [0, 0.1) is 11.6 Å². The van der Waals surface area contributed by atoms with Gasteiger partial charge in [0.15, 0.2) is 0 Å². The van der Waals surface area contributed by atoms with Crippen LogP contribution in [0.4, 0.5) is 0 Å². The number of hydrogen-bond acceptors (Lipinski definition) is 3. The Bertz CT molecular complexity index is 408. The molecular weight excluding hydrogens is 208 g/mol. The van der Waals surface area contributed by atoms with Crippen LogP contribution in [-0.4, -0.2) is 16.6 Å². The van der Waals surface area contributed by atoms with E-state index in [-0.39, 0.29) is 6.10 Å². The second-order valence-corrected chi connectivity index (χ2v) is 4.27. The van der Waals surface area contributed by atoms with Crippen LogP contribution >= 0.6 is 12.2 Å². The highest BCUT2D eigenvalue weighted by Crippen LogP contribution is 2.26. The van der Waals surface area contributed by atoms with E-state index in [1.807, 2.05) is 6.92 Å². The van der Waals surface area contributed by atoms with Crippen LogP contribution in [0.25, 0.3) is 0 Å². The molecule has 2 rings (SSSR count). The maximum absolute atomic E-state index is 5.59. The number of aryl methyl sites for hydroxylation is 1. The fourth-order valence-electron chi connectivity index (χ4n) is 1.90. The SMILES string of the molecule is CCc1[nH]c(C2CCCO2)nc(=S)c1C. The molecule has 82 valence electrons. The van der Waals surface area contributed by atoms with Gasteiger partial charge in [0.25, 0.3) is 0 Å². The predicted octanol–water partition coefficient (Wildman–Crippen LogP) is 2.86. The molecule has 1 aliphatic rings. The van der Waals surface area contributed by atoms with Crippen molar-refractivity contribution in [3.63, 3.8) is 0 Å². The molecule has 0 radical (unpaired) electrons. The average molecular weight is 224 g/mol. The minimum absolute atomic E-state index is 0.123. The molecule has 1 aromatic rings. The van der Waals surface area contributed by atoms with Crippen molar-refractivity contribution < 1.29 is 4.74 Å². The minimum atomic E-state index is 0.123. The Kier molecular flexibility index (Phi) is 3.17. The molecule has 0 spiro atoms. The van der Waals surface area contributed by atoms with Gasteiger partial charge >= 0.3 is 0 Å². The van der Waals surface area contributed by atoms with Crippen LogP contribution in [0.3, 0.4) is 0 Å². The Morgan fingerprint density at radius 3 is 3.00 bits per heavy atom. The molecule has 4 heteroatoms. The maximum Gasteiger partial charge on any atom is 0.137 e. The first-order valence-corrected chi connectivity index (χ1v) is 5.84. The zero-order valence-electron chi connectivity index (χ0n) is 9.17. The van der Waals surface area contributed by atoms with Crippen LogP contribution in [0.1, 0.15) is 43.0 Å². The molecule has 1 atom stereocenters. The van der Waals surface area contributed by atoms with E-state index in [1.54, 1.807) is 0 Å². The Balaban J connectivity index is 2.40. The largest absolute Gasteiger partial charge is 0.370 e. The van der Waals surface area contributed by atoms with Crippen molar-refractivity contribution in [3.8, 4) is 0 Å². The van der Waals surface area contributed by atoms with Gasteiger partial charge in [-0.05, 0) is 26.2 Å². The van der Waals surface area contributed by atoms with E-state index in [2.05, 4.69) is 16.9 Å². The monoisotopic (exact) mass is 224 g/mol. The lowest BCUT2D eigenvalue weighted by atomic mass is 10.2. The van der Waals surface area contributed by atoms with E-state index in [1.165, 1.54) is 5.69 Å². The quantitative estimate of drug-likeness (QED) is 0.785. The number of H-pyrrole nitrogens is 1. The first kappa shape index (κ1) is 10.8. The summed E-state index contributed by atoms with van der Waals surface area (Å²) in [5.74, 6) is 0.903. The predicted molar refractivity (Wildman–Crippen MR) is 61.5 cm³/mol. The number of nitrogens with zero attached hydrogens (tertiary/aromatic N) is 1. The summed E-state index contributed by atoms with van der Waals surface area (Å²) < 4.78 is 6.30. The molecule has 15 heavy (non-hydrogen) atoms. The fourth-order valence-corrected chi connectivity index (χ4v) is 2.12. The lowest BCUT2D eigenvalue weighted by Crippen LogP contribution is -2.07. The molecule has 0 aromatic carbocycles. The van der Waals surface area contributed by atoms with Crippen molar-refractivity contribution in [3.05, 3.63) is 21.7 Å². The van der Waals surface area contributed by atoms with Gasteiger partial charge in [-0.3, -0.25) is 0 Å². The number of rotatable bonds is 2. The van der Waals surface area contributed by atoms with Gasteiger partial charge < -0.3 is 9.72 Å². The Morgan fingerprint density at radius 2 is 2.40 bits per heavy atom. The number of nitrogens with one attached hydrogen (secondary N) is 1. The van der Waals surface area contributed by atoms with Gasteiger partial charge in [0.2, 0.25) is 0 Å². The number of ether oxygens (including phenoxy) is 1. The summed E-state index contributed by atoms with van der Waals surface area (Å²) in [6.07, 6.45) is 3.24. The Labute approximate surface area is 94.9 Å². The van der Waals surface area contributed by atoms with Gasteiger partial charge in [-0.1, -0.05) is 19.1 Å². The lowest BCUT2D eigenvalue weighted by molar-refractivity contribution is 0.104. The van der Waals surface area contributed by atoms with E-state index >= 15 is 0 Å². The number of hydrogen-bond donors (Lipinski definition) is 1. The molecule has 1 saturated heterocycles. The molecule has 0 bridgehead atoms. The summed E-state index contributed by atoms with van der Waals surface area (Å²) in [4.78, 5) is 7.74. The zero-order chi connectivity index (χ0) is 10.8. The average Bonchev–Trinajstić information content (AvgIpc) is 2.75. The van der Waals surface area contributed by atoms with Gasteiger partial charge in [0.05, 0.1) is 0 Å². The summed E-state index contributed by atoms with van der Waals surface area (Å²) in [6, 6.07) is 0. The third-order valence-corrected chi connectivity index (χ3v) is 3.26. The van der Waals surface area contributed by atoms with E-state index < -0.39 is 0 Å². The summed E-state index contributed by atoms with van der Waals surface area (Å²) >= 11 is 5.24. The molecule has 1 unspecified atom stereocenters. The summed E-state index contributed by atoms with van der Waals surface area (Å²) in [6.45, 7) is 4.97. The Hall–Kier alpha value is -0.740. The van der Waals surface area contributed by atoms with Crippen LogP contribution in [0.2, 0.25) is 0 Å². The van der Waals surface area contributed by atoms with Gasteiger partial charge in [-0.25, -0.2) is 4.98 Å². The van der Waals surface area contributed by atoms with Crippen molar-refractivity contribution in [2.24, 2.45) is 0 Å². The van der Waals surface area contributed by atoms with E-state index in [0.717, 1.165) is 37.3 Å². The highest BCUT2D eigenvalue weighted by atomic mass is 32.1. The van der Waals surface area contributed by atoms with Gasteiger partial charge in [-0.2, -0.15) is 0 Å². The van der Waals surface area contributed by atoms with E-state index in [9.17, 15) is 0 Å². The second-order valence-electron chi connectivity index (χ2n) is 3.89. The van der Waals surface area contributed by atoms with Crippen LogP contribution < -0.4 is 0 Å². The van der Waals surface area contributed by atoms with Crippen molar-refractivity contribution in [1.29, 1.82) is 0 Å². The lowest BCUT2D eigenvalue weighted by Gasteiger charge is -2.12. The third-order valence-electron chi connectivity index (χ3n) is 2.86. The summed E-state index contributed by atoms with van der Waals surface area (Å²) in [5.41, 5.74) is 2.27. The van der Waals surface area contributed by atoms with Crippen molar-refractivity contribution >= 4 is 12.2 Å². The van der Waals surface area contributed by atoms with E-state index in [4.69, 9.17) is 17.0 Å². The molecule has 1 N–H and O–H groups in total. The number of aromatic amines is 1. The first-order valence-electron chi connectivity index (χ1n) is 5.43. The standard InChI is InChI=1S/C11H16N2OS/c1-3-8-7(2)11(15)13-10(12-8)9-5-4-6-14-9/h9H,3-6H2,1-2H3,(H,12,13,15). The third kappa shape index (κ3) is 2.11. The molecule has 1 aromatic heterocycles. The zero-order valence-corrected chi connectivity index (χ0v) is 9.99. The topological polar surface area (TPSA) is 37.9 Å². The molecular formula is C11H16N2OS. The molecule has 0 amide bonds. The van der Waals surface area contributed by atoms with Crippen molar-refractivity contribution in [2.45, 2.75) is 39.2 Å². The van der Waals surface area contributed by atoms with Gasteiger partial charge in [0, 0.05) is 17.9 Å². The second kappa shape index (κ2) is 4.41. The number of aromatic nitrogens is 2. The van der Waals surface area contributed by atoms with Crippen LogP contribution in [0.5, 0.6) is 0 Å². The Morgan fingerprint density at radius 1 is 1.60 bits per heavy atom. The molecule has 3 nitrogen and oxygen atoms in total. The highest BCUT2D eigenvalue weighted by Gasteiger charge is 2.20. The normalized spacial score (nSPS) is 20.8. The summed E-state index contributed by atoms with van der Waals surface area (Å²) in [5, 5.41) is 0. The van der Waals surface area contributed by atoms with E-state index in [0.29, 0.717) is 4.64 Å². The van der Waals surface area contributed by atoms with Crippen molar-refractivity contribution in [2.75, 3.05) is 6.61 Å². The fraction of sp³-hybridized carbons (Fsp3) is 0.636. The van der Waals surface area contributed by atoms with Gasteiger partial charge in [0.1, 0.15) is 16.6 Å². The minimum Gasteiger partial charge on any atom is -0.370 e. The highest BCUT2D eigenvalue weighted by molar-refractivity contribution is 7.71. The molecule has 0 aliphatic carbocycles. The van der Waals surface area contributed by atoms with Gasteiger partial charge in [-0.15, -0.1) is 0 Å². The summed E-state index contributed by atoms with van der Waals surface area (Å²) in [7, 11) is 0. The smallest absolute Gasteiger partial charge is 0.137 e. The maximum atomic E-state index is 5.59. The molecule has 0 saturated carbocycles. The van der Waals surface area contributed by atoms with Crippen LogP contribution in [0.15, 0.2) is 0 Å². The first-order chi connectivity index (χ1) is 7.22. The van der Waals surface area contributed by atoms with Crippen molar-refractivity contribution in [1.82, 2.24) is 9.97 Å².